The number of nitrogens with one attached hydrogen (secondary N) is 1. The van der Waals surface area contributed by atoms with Crippen LogP contribution < -0.4 is 10.2 Å². The zero-order valence-corrected chi connectivity index (χ0v) is 20.0. The molecule has 12 heteroatoms. The lowest BCUT2D eigenvalue weighted by Crippen LogP contribution is -2.49. The molecule has 1 aliphatic rings. The van der Waals surface area contributed by atoms with Crippen LogP contribution >= 0.6 is 11.6 Å². The van der Waals surface area contributed by atoms with Crippen molar-refractivity contribution in [2.75, 3.05) is 36.4 Å². The molecule has 2 N–H and O–H groups in total. The predicted octanol–water partition coefficient (Wildman–Crippen LogP) is 4.17. The van der Waals surface area contributed by atoms with Crippen LogP contribution in [-0.2, 0) is 17.5 Å². The van der Waals surface area contributed by atoms with E-state index in [4.69, 9.17) is 11.6 Å². The van der Waals surface area contributed by atoms with Gasteiger partial charge in [0.15, 0.2) is 5.69 Å². The molecule has 2 heterocycles. The maximum atomic E-state index is 12.9. The zero-order chi connectivity index (χ0) is 26.0. The standard InChI is InChI=1S/C24H23ClF3N5O3/c1-15-12-20(24(26,27)28)30-33(15)14-21(34)32-10-8-31(9-11-32)17-5-2-4-16(13-17)29-23(36)18-6-3-7-19(25)22(18)35/h2-7,12-13,35H,8-11,14H2,1H3,(H,29,36). The van der Waals surface area contributed by atoms with Crippen LogP contribution in [-0.4, -0.2) is 57.8 Å². The summed E-state index contributed by atoms with van der Waals surface area (Å²) >= 11 is 5.88. The molecule has 0 unspecified atom stereocenters. The molecule has 190 valence electrons. The van der Waals surface area contributed by atoms with Crippen LogP contribution in [0.5, 0.6) is 5.75 Å². The van der Waals surface area contributed by atoms with Gasteiger partial charge in [0, 0.05) is 43.2 Å². The molecule has 8 nitrogen and oxygen atoms in total. The summed E-state index contributed by atoms with van der Waals surface area (Å²) in [6, 6.07) is 12.6. The lowest BCUT2D eigenvalue weighted by Gasteiger charge is -2.36. The second kappa shape index (κ2) is 10.1. The lowest BCUT2D eigenvalue weighted by molar-refractivity contribution is -0.142. The van der Waals surface area contributed by atoms with Crippen LogP contribution in [0.1, 0.15) is 21.7 Å². The highest BCUT2D eigenvalue weighted by atomic mass is 35.5. The maximum absolute atomic E-state index is 12.9. The number of aryl methyl sites for hydroxylation is 1. The minimum absolute atomic E-state index is 0.0507. The van der Waals surface area contributed by atoms with E-state index >= 15 is 0 Å². The summed E-state index contributed by atoms with van der Waals surface area (Å²) in [7, 11) is 0. The van der Waals surface area contributed by atoms with Gasteiger partial charge >= 0.3 is 6.18 Å². The first-order valence-corrected chi connectivity index (χ1v) is 11.4. The molecule has 2 aromatic carbocycles. The molecular formula is C24H23ClF3N5O3. The zero-order valence-electron chi connectivity index (χ0n) is 19.2. The van der Waals surface area contributed by atoms with E-state index < -0.39 is 17.8 Å². The molecular weight excluding hydrogens is 499 g/mol. The Morgan fingerprint density at radius 1 is 1.08 bits per heavy atom. The minimum atomic E-state index is -4.56. The largest absolute Gasteiger partial charge is 0.506 e. The first kappa shape index (κ1) is 25.4. The van der Waals surface area contributed by atoms with Gasteiger partial charge in [0.25, 0.3) is 5.91 Å². The van der Waals surface area contributed by atoms with Crippen molar-refractivity contribution in [3.63, 3.8) is 0 Å². The number of phenols is 1. The monoisotopic (exact) mass is 521 g/mol. The number of alkyl halides is 3. The van der Waals surface area contributed by atoms with Crippen LogP contribution in [0.3, 0.4) is 0 Å². The van der Waals surface area contributed by atoms with E-state index in [0.717, 1.165) is 16.4 Å². The van der Waals surface area contributed by atoms with Crippen molar-refractivity contribution in [2.45, 2.75) is 19.6 Å². The van der Waals surface area contributed by atoms with Gasteiger partial charge in [0.05, 0.1) is 10.6 Å². The normalized spacial score (nSPS) is 14.1. The van der Waals surface area contributed by atoms with E-state index in [0.29, 0.717) is 31.9 Å². The van der Waals surface area contributed by atoms with Crippen LogP contribution in [0.4, 0.5) is 24.5 Å². The van der Waals surface area contributed by atoms with Crippen LogP contribution in [0.25, 0.3) is 0 Å². The third-order valence-corrected chi connectivity index (χ3v) is 6.19. The van der Waals surface area contributed by atoms with Gasteiger partial charge in [-0.3, -0.25) is 14.3 Å². The third-order valence-electron chi connectivity index (χ3n) is 5.89. The lowest BCUT2D eigenvalue weighted by atomic mass is 10.1. The van der Waals surface area contributed by atoms with E-state index in [1.165, 1.54) is 19.1 Å². The second-order valence-corrected chi connectivity index (χ2v) is 8.74. The molecule has 0 aliphatic carbocycles. The Morgan fingerprint density at radius 2 is 1.78 bits per heavy atom. The molecule has 1 aliphatic heterocycles. The fourth-order valence-corrected chi connectivity index (χ4v) is 4.10. The average molecular weight is 522 g/mol. The Bertz CT molecular complexity index is 1290. The summed E-state index contributed by atoms with van der Waals surface area (Å²) in [5.41, 5.74) is 0.641. The Morgan fingerprint density at radius 3 is 2.44 bits per heavy atom. The quantitative estimate of drug-likeness (QED) is 0.526. The summed E-state index contributed by atoms with van der Waals surface area (Å²) in [6.45, 7) is 3.00. The molecule has 1 aromatic heterocycles. The molecule has 2 amide bonds. The number of amides is 2. The third kappa shape index (κ3) is 5.56. The molecule has 1 saturated heterocycles. The van der Waals surface area contributed by atoms with Crippen molar-refractivity contribution in [3.05, 3.63) is 70.5 Å². The van der Waals surface area contributed by atoms with Crippen molar-refractivity contribution in [1.82, 2.24) is 14.7 Å². The first-order valence-electron chi connectivity index (χ1n) is 11.1. The molecule has 1 fully saturated rings. The van der Waals surface area contributed by atoms with E-state index in [9.17, 15) is 27.9 Å². The van der Waals surface area contributed by atoms with E-state index in [1.54, 1.807) is 29.2 Å². The van der Waals surface area contributed by atoms with Crippen molar-refractivity contribution in [2.24, 2.45) is 0 Å². The van der Waals surface area contributed by atoms with Gasteiger partial charge in [-0.25, -0.2) is 0 Å². The SMILES string of the molecule is Cc1cc(C(F)(F)F)nn1CC(=O)N1CCN(c2cccc(NC(=O)c3cccc(Cl)c3O)c2)CC1. The number of rotatable bonds is 5. The number of benzene rings is 2. The number of phenolic OH excluding ortho intramolecular Hbond substituents is 1. The van der Waals surface area contributed by atoms with Crippen molar-refractivity contribution < 1.29 is 27.9 Å². The topological polar surface area (TPSA) is 90.7 Å². The number of anilines is 2. The number of nitrogens with zero attached hydrogens (tertiary/aromatic N) is 4. The van der Waals surface area contributed by atoms with E-state index in [-0.39, 0.29) is 34.5 Å². The van der Waals surface area contributed by atoms with Gasteiger partial charge in [-0.15, -0.1) is 0 Å². The highest BCUT2D eigenvalue weighted by molar-refractivity contribution is 6.32. The van der Waals surface area contributed by atoms with Crippen LogP contribution in [0.2, 0.25) is 5.02 Å². The fraction of sp³-hybridized carbons (Fsp3) is 0.292. The number of aromatic nitrogens is 2. The van der Waals surface area contributed by atoms with Crippen molar-refractivity contribution in [3.8, 4) is 5.75 Å². The number of halogens is 4. The number of aromatic hydroxyl groups is 1. The molecule has 36 heavy (non-hydrogen) atoms. The molecule has 3 aromatic rings. The first-order chi connectivity index (χ1) is 17.0. The Labute approximate surface area is 209 Å². The van der Waals surface area contributed by atoms with Crippen LogP contribution in [0.15, 0.2) is 48.5 Å². The number of piperazine rings is 1. The summed E-state index contributed by atoms with van der Waals surface area (Å²) in [6.07, 6.45) is -4.56. The smallest absolute Gasteiger partial charge is 0.435 e. The van der Waals surface area contributed by atoms with Crippen LogP contribution in [0, 0.1) is 6.92 Å². The van der Waals surface area contributed by atoms with Gasteiger partial charge in [0.2, 0.25) is 5.91 Å². The molecule has 0 bridgehead atoms. The number of para-hydroxylation sites is 1. The number of carbonyl (C=O) groups excluding carboxylic acids is 2. The van der Waals surface area contributed by atoms with Gasteiger partial charge in [-0.2, -0.15) is 18.3 Å². The molecule has 4 rings (SSSR count). The number of carbonyl (C=O) groups is 2. The summed E-state index contributed by atoms with van der Waals surface area (Å²) in [4.78, 5) is 28.9. The van der Waals surface area contributed by atoms with Crippen molar-refractivity contribution >= 4 is 34.8 Å². The molecule has 0 saturated carbocycles. The Balaban J connectivity index is 1.36. The fourth-order valence-electron chi connectivity index (χ4n) is 3.93. The van der Waals surface area contributed by atoms with Gasteiger partial charge in [-0.05, 0) is 43.3 Å². The van der Waals surface area contributed by atoms with E-state index in [1.807, 2.05) is 11.0 Å². The molecule has 0 atom stereocenters. The Hall–Kier alpha value is -3.73. The molecule has 0 radical (unpaired) electrons. The summed E-state index contributed by atoms with van der Waals surface area (Å²) in [5, 5.41) is 16.4. The second-order valence-electron chi connectivity index (χ2n) is 8.33. The van der Waals surface area contributed by atoms with Gasteiger partial charge in [-0.1, -0.05) is 23.7 Å². The minimum Gasteiger partial charge on any atom is -0.506 e. The van der Waals surface area contributed by atoms with Gasteiger partial charge < -0.3 is 20.2 Å². The number of hydrogen-bond donors (Lipinski definition) is 2. The molecule has 0 spiro atoms. The number of hydrogen-bond acceptors (Lipinski definition) is 5. The highest BCUT2D eigenvalue weighted by Gasteiger charge is 2.34. The predicted molar refractivity (Wildman–Crippen MR) is 128 cm³/mol. The Kier molecular flexibility index (Phi) is 7.11. The summed E-state index contributed by atoms with van der Waals surface area (Å²) in [5.74, 6) is -1.12. The van der Waals surface area contributed by atoms with Gasteiger partial charge in [0.1, 0.15) is 12.3 Å². The maximum Gasteiger partial charge on any atom is 0.435 e. The highest BCUT2D eigenvalue weighted by Crippen LogP contribution is 2.29. The average Bonchev–Trinajstić information content (AvgIpc) is 3.21. The van der Waals surface area contributed by atoms with E-state index in [2.05, 4.69) is 10.4 Å². The van der Waals surface area contributed by atoms with Crippen molar-refractivity contribution in [1.29, 1.82) is 0 Å². The summed E-state index contributed by atoms with van der Waals surface area (Å²) < 4.78 is 39.7.